The first-order chi connectivity index (χ1) is 11.1. The van der Waals surface area contributed by atoms with E-state index in [0.717, 1.165) is 76.4 Å². The summed E-state index contributed by atoms with van der Waals surface area (Å²) >= 11 is 1.79. The first-order valence-corrected chi connectivity index (χ1v) is 9.33. The second-order valence-corrected chi connectivity index (χ2v) is 7.67. The van der Waals surface area contributed by atoms with Crippen molar-refractivity contribution in [2.24, 2.45) is 0 Å². The molecule has 0 spiro atoms. The van der Waals surface area contributed by atoms with Crippen LogP contribution in [0.15, 0.2) is 0 Å². The summed E-state index contributed by atoms with van der Waals surface area (Å²) in [5.74, 6) is 0. The number of aliphatic hydroxyl groups excluding tert-OH is 1. The van der Waals surface area contributed by atoms with E-state index < -0.39 is 0 Å². The summed E-state index contributed by atoms with van der Waals surface area (Å²) in [6.45, 7) is 13.2. The molecule has 2 fully saturated rings. The molecule has 0 aromatic carbocycles. The number of aryl methyl sites for hydroxylation is 2. The predicted molar refractivity (Wildman–Crippen MR) is 93.5 cm³/mol. The molecular formula is C16H28N4O2S. The zero-order valence-corrected chi connectivity index (χ0v) is 15.0. The molecular weight excluding hydrogens is 312 g/mol. The SMILES string of the molecule is Cc1nc(N2CCN(CC(O)CN3CCOCC3)CC2)sc1C. The third-order valence-corrected chi connectivity index (χ3v) is 5.84. The fourth-order valence-electron chi connectivity index (χ4n) is 3.15. The zero-order chi connectivity index (χ0) is 16.2. The number of rotatable bonds is 5. The van der Waals surface area contributed by atoms with Crippen molar-refractivity contribution in [2.45, 2.75) is 20.0 Å². The van der Waals surface area contributed by atoms with Gasteiger partial charge in [-0.25, -0.2) is 4.98 Å². The van der Waals surface area contributed by atoms with E-state index in [4.69, 9.17) is 4.74 Å². The molecule has 0 bridgehead atoms. The Morgan fingerprint density at radius 2 is 1.65 bits per heavy atom. The third kappa shape index (κ3) is 4.64. The fraction of sp³-hybridized carbons (Fsp3) is 0.812. The molecule has 130 valence electrons. The summed E-state index contributed by atoms with van der Waals surface area (Å²) in [5, 5.41) is 11.5. The van der Waals surface area contributed by atoms with Gasteiger partial charge in [-0.1, -0.05) is 0 Å². The van der Waals surface area contributed by atoms with Crippen LogP contribution in [-0.4, -0.2) is 91.6 Å². The minimum Gasteiger partial charge on any atom is -0.390 e. The number of morpholine rings is 1. The number of anilines is 1. The molecule has 1 aromatic rings. The predicted octanol–water partition coefficient (Wildman–Crippen LogP) is 0.575. The molecule has 0 amide bonds. The molecule has 2 saturated heterocycles. The van der Waals surface area contributed by atoms with Crippen molar-refractivity contribution < 1.29 is 9.84 Å². The van der Waals surface area contributed by atoms with Gasteiger partial charge in [-0.05, 0) is 13.8 Å². The highest BCUT2D eigenvalue weighted by Gasteiger charge is 2.23. The number of aromatic nitrogens is 1. The molecule has 23 heavy (non-hydrogen) atoms. The van der Waals surface area contributed by atoms with Crippen LogP contribution in [0.1, 0.15) is 10.6 Å². The molecule has 2 aliphatic heterocycles. The first-order valence-electron chi connectivity index (χ1n) is 8.51. The summed E-state index contributed by atoms with van der Waals surface area (Å²) in [5.41, 5.74) is 1.15. The van der Waals surface area contributed by atoms with Crippen LogP contribution in [-0.2, 0) is 4.74 Å². The van der Waals surface area contributed by atoms with Crippen LogP contribution in [0.3, 0.4) is 0 Å². The first kappa shape index (κ1) is 17.1. The Morgan fingerprint density at radius 3 is 2.22 bits per heavy atom. The van der Waals surface area contributed by atoms with Gasteiger partial charge in [0, 0.05) is 57.2 Å². The Kier molecular flexibility index (Phi) is 5.87. The van der Waals surface area contributed by atoms with Gasteiger partial charge in [0.1, 0.15) is 0 Å². The molecule has 0 saturated carbocycles. The summed E-state index contributed by atoms with van der Waals surface area (Å²) in [4.78, 5) is 13.0. The molecule has 0 aliphatic carbocycles. The summed E-state index contributed by atoms with van der Waals surface area (Å²) in [6.07, 6.45) is -0.274. The van der Waals surface area contributed by atoms with Gasteiger partial charge in [0.15, 0.2) is 5.13 Å². The Balaban J connectivity index is 1.41. The van der Waals surface area contributed by atoms with Gasteiger partial charge in [0.2, 0.25) is 0 Å². The van der Waals surface area contributed by atoms with E-state index >= 15 is 0 Å². The molecule has 1 aromatic heterocycles. The number of hydrogen-bond donors (Lipinski definition) is 1. The normalized spacial score (nSPS) is 22.5. The molecule has 3 heterocycles. The highest BCUT2D eigenvalue weighted by molar-refractivity contribution is 7.15. The van der Waals surface area contributed by atoms with Crippen molar-refractivity contribution in [3.8, 4) is 0 Å². The minimum atomic E-state index is -0.274. The van der Waals surface area contributed by atoms with Crippen LogP contribution in [0.5, 0.6) is 0 Å². The second kappa shape index (κ2) is 7.90. The number of piperazine rings is 1. The lowest BCUT2D eigenvalue weighted by molar-refractivity contribution is 0.00656. The van der Waals surface area contributed by atoms with Gasteiger partial charge in [0.05, 0.1) is 25.0 Å². The second-order valence-electron chi connectivity index (χ2n) is 6.49. The Bertz CT molecular complexity index is 477. The number of β-amino-alcohol motifs (C(OH)–C–C–N with tert-alkyl or cyclic N) is 1. The quantitative estimate of drug-likeness (QED) is 0.846. The fourth-order valence-corrected chi connectivity index (χ4v) is 4.11. The molecule has 0 radical (unpaired) electrons. The summed E-state index contributed by atoms with van der Waals surface area (Å²) in [6, 6.07) is 0. The van der Waals surface area contributed by atoms with E-state index in [1.54, 1.807) is 11.3 Å². The number of nitrogens with zero attached hydrogens (tertiary/aromatic N) is 4. The van der Waals surface area contributed by atoms with Crippen molar-refractivity contribution in [2.75, 3.05) is 70.5 Å². The maximum atomic E-state index is 10.3. The number of ether oxygens (including phenoxy) is 1. The van der Waals surface area contributed by atoms with Crippen LogP contribution in [0.25, 0.3) is 0 Å². The molecule has 1 unspecified atom stereocenters. The summed E-state index contributed by atoms with van der Waals surface area (Å²) < 4.78 is 5.35. The lowest BCUT2D eigenvalue weighted by Gasteiger charge is -2.36. The van der Waals surface area contributed by atoms with Crippen molar-refractivity contribution in [1.29, 1.82) is 0 Å². The Labute approximate surface area is 142 Å². The van der Waals surface area contributed by atoms with E-state index in [1.807, 2.05) is 0 Å². The maximum absolute atomic E-state index is 10.3. The molecule has 3 rings (SSSR count). The highest BCUT2D eigenvalue weighted by Crippen LogP contribution is 2.25. The van der Waals surface area contributed by atoms with Crippen molar-refractivity contribution in [3.63, 3.8) is 0 Å². The van der Waals surface area contributed by atoms with Gasteiger partial charge < -0.3 is 14.7 Å². The zero-order valence-electron chi connectivity index (χ0n) is 14.2. The number of thiazole rings is 1. The van der Waals surface area contributed by atoms with Crippen molar-refractivity contribution in [3.05, 3.63) is 10.6 Å². The van der Waals surface area contributed by atoms with Crippen LogP contribution in [0.2, 0.25) is 0 Å². The summed E-state index contributed by atoms with van der Waals surface area (Å²) in [7, 11) is 0. The van der Waals surface area contributed by atoms with Crippen LogP contribution in [0, 0.1) is 13.8 Å². The largest absolute Gasteiger partial charge is 0.390 e. The lowest BCUT2D eigenvalue weighted by atomic mass is 10.2. The monoisotopic (exact) mass is 340 g/mol. The van der Waals surface area contributed by atoms with Crippen LogP contribution < -0.4 is 4.90 Å². The van der Waals surface area contributed by atoms with Gasteiger partial charge in [0.25, 0.3) is 0 Å². The van der Waals surface area contributed by atoms with Crippen LogP contribution in [0.4, 0.5) is 5.13 Å². The molecule has 2 aliphatic rings. The molecule has 1 N–H and O–H groups in total. The standard InChI is InChI=1S/C16H28N4O2S/c1-13-14(2)23-16(17-13)20-5-3-18(4-6-20)11-15(21)12-19-7-9-22-10-8-19/h15,21H,3-12H2,1-2H3. The van der Waals surface area contributed by atoms with Crippen molar-refractivity contribution >= 4 is 16.5 Å². The average Bonchev–Trinajstić information content (AvgIpc) is 2.88. The van der Waals surface area contributed by atoms with Gasteiger partial charge in [-0.15, -0.1) is 11.3 Å². The smallest absolute Gasteiger partial charge is 0.185 e. The van der Waals surface area contributed by atoms with E-state index in [0.29, 0.717) is 0 Å². The molecule has 7 heteroatoms. The molecule has 6 nitrogen and oxygen atoms in total. The van der Waals surface area contributed by atoms with E-state index in [-0.39, 0.29) is 6.10 Å². The van der Waals surface area contributed by atoms with E-state index in [1.165, 1.54) is 4.88 Å². The highest BCUT2D eigenvalue weighted by atomic mass is 32.1. The minimum absolute atomic E-state index is 0.274. The lowest BCUT2D eigenvalue weighted by Crippen LogP contribution is -2.50. The molecule has 1 atom stereocenters. The average molecular weight is 340 g/mol. The third-order valence-electron chi connectivity index (χ3n) is 4.70. The van der Waals surface area contributed by atoms with Gasteiger partial charge in [-0.3, -0.25) is 9.80 Å². The van der Waals surface area contributed by atoms with Crippen LogP contribution >= 0.6 is 11.3 Å². The Morgan fingerprint density at radius 1 is 1.04 bits per heavy atom. The van der Waals surface area contributed by atoms with Gasteiger partial charge in [-0.2, -0.15) is 0 Å². The van der Waals surface area contributed by atoms with E-state index in [9.17, 15) is 5.11 Å². The number of aliphatic hydroxyl groups is 1. The maximum Gasteiger partial charge on any atom is 0.185 e. The van der Waals surface area contributed by atoms with Crippen molar-refractivity contribution in [1.82, 2.24) is 14.8 Å². The van der Waals surface area contributed by atoms with Gasteiger partial charge >= 0.3 is 0 Å². The topological polar surface area (TPSA) is 52.1 Å². The van der Waals surface area contributed by atoms with E-state index in [2.05, 4.69) is 33.5 Å². The number of hydrogen-bond acceptors (Lipinski definition) is 7. The Hall–Kier alpha value is -0.730.